The number of nitrogens with zero attached hydrogens (tertiary/aromatic N) is 2. The maximum Gasteiger partial charge on any atom is 0.231 e. The van der Waals surface area contributed by atoms with Crippen molar-refractivity contribution < 1.29 is 8.42 Å². The fourth-order valence-corrected chi connectivity index (χ4v) is 3.54. The maximum absolute atomic E-state index is 11.5. The minimum atomic E-state index is -3.12. The average Bonchev–Trinajstić information content (AvgIpc) is 2.46. The van der Waals surface area contributed by atoms with Crippen molar-refractivity contribution in [1.29, 1.82) is 0 Å². The van der Waals surface area contributed by atoms with E-state index in [0.29, 0.717) is 6.54 Å². The molecule has 1 aromatic carbocycles. The lowest BCUT2D eigenvalue weighted by Gasteiger charge is -2.39. The Morgan fingerprint density at radius 2 is 2.05 bits per heavy atom. The molecule has 1 unspecified atom stereocenters. The van der Waals surface area contributed by atoms with Gasteiger partial charge >= 0.3 is 0 Å². The van der Waals surface area contributed by atoms with Crippen LogP contribution in [-0.4, -0.2) is 44.7 Å². The van der Waals surface area contributed by atoms with Gasteiger partial charge in [-0.1, -0.05) is 12.1 Å². The molecule has 0 saturated carbocycles. The second-order valence-corrected chi connectivity index (χ2v) is 7.14. The highest BCUT2D eigenvalue weighted by Crippen LogP contribution is 2.31. The van der Waals surface area contributed by atoms with Crippen LogP contribution in [0.2, 0.25) is 0 Å². The molecule has 2 heterocycles. The first kappa shape index (κ1) is 13.3. The zero-order chi connectivity index (χ0) is 14.2. The van der Waals surface area contributed by atoms with Crippen LogP contribution in [0.3, 0.4) is 0 Å². The standard InChI is InChI=1S/C14H19N3O2S/c1-20(18,19)16-9-6-12(7-10-16)17-11-8-15-13-4-2-3-5-14(13)17/h2-6,9,12,15H,7-8,10-11H2,1H3. The average molecular weight is 293 g/mol. The van der Waals surface area contributed by atoms with Crippen molar-refractivity contribution in [3.8, 4) is 0 Å². The van der Waals surface area contributed by atoms with E-state index >= 15 is 0 Å². The first-order valence-electron chi connectivity index (χ1n) is 6.80. The van der Waals surface area contributed by atoms with Gasteiger partial charge in [0.25, 0.3) is 0 Å². The normalized spacial score (nSPS) is 22.4. The van der Waals surface area contributed by atoms with Gasteiger partial charge in [0.15, 0.2) is 0 Å². The quantitative estimate of drug-likeness (QED) is 0.897. The third-order valence-corrected chi connectivity index (χ3v) is 4.98. The number of nitrogens with one attached hydrogen (secondary N) is 1. The maximum atomic E-state index is 11.5. The van der Waals surface area contributed by atoms with E-state index in [1.54, 1.807) is 6.20 Å². The molecule has 6 heteroatoms. The molecule has 1 aromatic rings. The summed E-state index contributed by atoms with van der Waals surface area (Å²) in [5.41, 5.74) is 2.35. The Bertz CT molecular complexity index is 627. The van der Waals surface area contributed by atoms with Crippen LogP contribution in [0.4, 0.5) is 11.4 Å². The Morgan fingerprint density at radius 1 is 1.25 bits per heavy atom. The van der Waals surface area contributed by atoms with Crippen LogP contribution in [0.25, 0.3) is 0 Å². The number of rotatable bonds is 2. The number of anilines is 2. The summed E-state index contributed by atoms with van der Waals surface area (Å²) in [7, 11) is -3.12. The summed E-state index contributed by atoms with van der Waals surface area (Å²) in [5, 5.41) is 3.39. The van der Waals surface area contributed by atoms with Gasteiger partial charge in [-0.15, -0.1) is 0 Å². The molecule has 0 aromatic heterocycles. The zero-order valence-corrected chi connectivity index (χ0v) is 12.3. The smallest absolute Gasteiger partial charge is 0.231 e. The molecule has 1 atom stereocenters. The van der Waals surface area contributed by atoms with Crippen molar-refractivity contribution in [2.75, 3.05) is 36.1 Å². The number of sulfonamides is 1. The molecular formula is C14H19N3O2S. The van der Waals surface area contributed by atoms with Crippen LogP contribution in [0, 0.1) is 0 Å². The highest BCUT2D eigenvalue weighted by atomic mass is 32.2. The van der Waals surface area contributed by atoms with Crippen molar-refractivity contribution in [2.24, 2.45) is 0 Å². The van der Waals surface area contributed by atoms with Gasteiger partial charge in [-0.3, -0.25) is 4.31 Å². The highest BCUT2D eigenvalue weighted by molar-refractivity contribution is 7.88. The summed E-state index contributed by atoms with van der Waals surface area (Å²) >= 11 is 0. The molecule has 3 rings (SSSR count). The van der Waals surface area contributed by atoms with E-state index in [-0.39, 0.29) is 6.04 Å². The van der Waals surface area contributed by atoms with Crippen molar-refractivity contribution in [3.63, 3.8) is 0 Å². The van der Waals surface area contributed by atoms with Gasteiger partial charge in [0.1, 0.15) is 0 Å². The molecule has 2 aliphatic heterocycles. The van der Waals surface area contributed by atoms with E-state index in [1.165, 1.54) is 16.2 Å². The van der Waals surface area contributed by atoms with Gasteiger partial charge in [-0.25, -0.2) is 8.42 Å². The van der Waals surface area contributed by atoms with Gasteiger partial charge in [-0.05, 0) is 24.6 Å². The molecule has 20 heavy (non-hydrogen) atoms. The predicted molar refractivity (Wildman–Crippen MR) is 81.4 cm³/mol. The van der Waals surface area contributed by atoms with Crippen LogP contribution < -0.4 is 10.2 Å². The summed E-state index contributed by atoms with van der Waals surface area (Å²) in [6.45, 7) is 2.40. The van der Waals surface area contributed by atoms with Crippen LogP contribution >= 0.6 is 0 Å². The predicted octanol–water partition coefficient (Wildman–Crippen LogP) is 1.47. The molecule has 5 nitrogen and oxygen atoms in total. The van der Waals surface area contributed by atoms with Crippen LogP contribution in [0.5, 0.6) is 0 Å². The summed E-state index contributed by atoms with van der Waals surface area (Å²) in [4.78, 5) is 2.35. The minimum absolute atomic E-state index is 0.260. The highest BCUT2D eigenvalue weighted by Gasteiger charge is 2.26. The number of para-hydroxylation sites is 2. The van der Waals surface area contributed by atoms with E-state index in [1.807, 2.05) is 18.2 Å². The van der Waals surface area contributed by atoms with Crippen LogP contribution in [-0.2, 0) is 10.0 Å². The van der Waals surface area contributed by atoms with Gasteiger partial charge in [0.05, 0.1) is 23.7 Å². The Balaban J connectivity index is 1.83. The van der Waals surface area contributed by atoms with Crippen molar-refractivity contribution in [1.82, 2.24) is 4.31 Å². The Morgan fingerprint density at radius 3 is 2.75 bits per heavy atom. The summed E-state index contributed by atoms with van der Waals surface area (Å²) in [6.07, 6.45) is 5.76. The molecule has 2 aliphatic rings. The molecule has 0 amide bonds. The lowest BCUT2D eigenvalue weighted by Crippen LogP contribution is -2.44. The third kappa shape index (κ3) is 2.47. The first-order valence-corrected chi connectivity index (χ1v) is 8.65. The third-order valence-electron chi connectivity index (χ3n) is 3.83. The van der Waals surface area contributed by atoms with E-state index in [9.17, 15) is 8.42 Å². The van der Waals surface area contributed by atoms with E-state index in [0.717, 1.165) is 25.2 Å². The minimum Gasteiger partial charge on any atom is -0.382 e. The molecule has 108 valence electrons. The van der Waals surface area contributed by atoms with Crippen molar-refractivity contribution >= 4 is 21.4 Å². The van der Waals surface area contributed by atoms with E-state index < -0.39 is 10.0 Å². The van der Waals surface area contributed by atoms with Crippen molar-refractivity contribution in [3.05, 3.63) is 36.5 Å². The summed E-state index contributed by atoms with van der Waals surface area (Å²) in [6, 6.07) is 8.51. The van der Waals surface area contributed by atoms with E-state index in [4.69, 9.17) is 0 Å². The number of fused-ring (bicyclic) bond motifs is 1. The Labute approximate surface area is 119 Å². The van der Waals surface area contributed by atoms with Crippen LogP contribution in [0.1, 0.15) is 6.42 Å². The fraction of sp³-hybridized carbons (Fsp3) is 0.429. The van der Waals surface area contributed by atoms with E-state index in [2.05, 4.69) is 22.3 Å². The van der Waals surface area contributed by atoms with Gasteiger partial charge < -0.3 is 10.2 Å². The Hall–Kier alpha value is -1.69. The second-order valence-electron chi connectivity index (χ2n) is 5.21. The molecule has 0 radical (unpaired) electrons. The Kier molecular flexibility index (Phi) is 3.33. The molecule has 0 saturated heterocycles. The fourth-order valence-electron chi connectivity index (χ4n) is 2.81. The molecule has 0 spiro atoms. The lowest BCUT2D eigenvalue weighted by atomic mass is 10.1. The summed E-state index contributed by atoms with van der Waals surface area (Å²) in [5.74, 6) is 0. The zero-order valence-electron chi connectivity index (χ0n) is 11.5. The molecular weight excluding hydrogens is 274 g/mol. The van der Waals surface area contributed by atoms with Gasteiger partial charge in [-0.2, -0.15) is 0 Å². The van der Waals surface area contributed by atoms with Crippen LogP contribution in [0.15, 0.2) is 36.5 Å². The molecule has 0 bridgehead atoms. The molecule has 1 N–H and O–H groups in total. The lowest BCUT2D eigenvalue weighted by molar-refractivity contribution is 0.455. The topological polar surface area (TPSA) is 52.7 Å². The number of hydrogen-bond acceptors (Lipinski definition) is 4. The summed E-state index contributed by atoms with van der Waals surface area (Å²) < 4.78 is 24.5. The second kappa shape index (κ2) is 5.01. The largest absolute Gasteiger partial charge is 0.382 e. The molecule has 0 aliphatic carbocycles. The van der Waals surface area contributed by atoms with Gasteiger partial charge in [0, 0.05) is 25.8 Å². The SMILES string of the molecule is CS(=O)(=O)N1C=CC(N2CCNc3ccccc32)CC1. The van der Waals surface area contributed by atoms with Crippen molar-refractivity contribution in [2.45, 2.75) is 12.5 Å². The first-order chi connectivity index (χ1) is 9.55. The molecule has 0 fully saturated rings. The number of benzene rings is 1. The monoisotopic (exact) mass is 293 g/mol. The number of hydrogen-bond donors (Lipinski definition) is 1. The van der Waals surface area contributed by atoms with Gasteiger partial charge in [0.2, 0.25) is 10.0 Å².